The summed E-state index contributed by atoms with van der Waals surface area (Å²) in [4.78, 5) is 2.40. The van der Waals surface area contributed by atoms with Gasteiger partial charge in [0.1, 0.15) is 0 Å². The number of anilines is 1. The van der Waals surface area contributed by atoms with Gasteiger partial charge >= 0.3 is 0 Å². The first-order valence-corrected chi connectivity index (χ1v) is 7.15. The van der Waals surface area contributed by atoms with Gasteiger partial charge in [0.05, 0.1) is 10.7 Å². The Morgan fingerprint density at radius 1 is 1.33 bits per heavy atom. The molecule has 1 heterocycles. The van der Waals surface area contributed by atoms with Gasteiger partial charge < -0.3 is 10.2 Å². The van der Waals surface area contributed by atoms with E-state index < -0.39 is 0 Å². The zero-order valence-corrected chi connectivity index (χ0v) is 12.3. The molecule has 1 unspecified atom stereocenters. The maximum absolute atomic E-state index is 6.26. The van der Waals surface area contributed by atoms with Crippen LogP contribution in [0.1, 0.15) is 25.3 Å². The first-order chi connectivity index (χ1) is 8.56. The molecular weight excluding hydrogens is 244 g/mol. The lowest BCUT2D eigenvalue weighted by molar-refractivity contribution is 0.208. The molecule has 1 saturated heterocycles. The van der Waals surface area contributed by atoms with E-state index in [-0.39, 0.29) is 0 Å². The number of nitrogens with one attached hydrogen (secondary N) is 1. The molecule has 3 heteroatoms. The molecule has 18 heavy (non-hydrogen) atoms. The predicted octanol–water partition coefficient (Wildman–Crippen LogP) is 3.79. The van der Waals surface area contributed by atoms with Crippen molar-refractivity contribution in [3.05, 3.63) is 28.8 Å². The van der Waals surface area contributed by atoms with Crippen molar-refractivity contribution in [2.24, 2.45) is 5.92 Å². The molecule has 0 amide bonds. The van der Waals surface area contributed by atoms with E-state index >= 15 is 0 Å². The number of benzene rings is 1. The number of aryl methyl sites for hydroxylation is 1. The Hall–Kier alpha value is -0.730. The summed E-state index contributed by atoms with van der Waals surface area (Å²) in [5.41, 5.74) is 2.27. The van der Waals surface area contributed by atoms with Crippen LogP contribution in [0.4, 0.5) is 5.69 Å². The molecule has 1 aliphatic rings. The zero-order chi connectivity index (χ0) is 13.1. The van der Waals surface area contributed by atoms with Crippen LogP contribution in [0.3, 0.4) is 0 Å². The minimum Gasteiger partial charge on any atom is -0.381 e. The molecule has 0 spiro atoms. The third kappa shape index (κ3) is 3.39. The van der Waals surface area contributed by atoms with Crippen LogP contribution in [0.15, 0.2) is 18.2 Å². The average molecular weight is 267 g/mol. The Kier molecular flexibility index (Phi) is 4.52. The van der Waals surface area contributed by atoms with Crippen LogP contribution in [-0.2, 0) is 0 Å². The van der Waals surface area contributed by atoms with Crippen LogP contribution >= 0.6 is 11.6 Å². The number of likely N-dealkylation sites (tertiary alicyclic amines) is 1. The predicted molar refractivity (Wildman–Crippen MR) is 79.5 cm³/mol. The Balaban J connectivity index is 1.96. The molecule has 1 aromatic carbocycles. The Morgan fingerprint density at radius 3 is 2.61 bits per heavy atom. The maximum Gasteiger partial charge on any atom is 0.0640 e. The molecule has 2 rings (SSSR count). The van der Waals surface area contributed by atoms with Gasteiger partial charge in [0.25, 0.3) is 0 Å². The quantitative estimate of drug-likeness (QED) is 0.896. The first-order valence-electron chi connectivity index (χ1n) is 6.77. The fraction of sp³-hybridized carbons (Fsp3) is 0.600. The van der Waals surface area contributed by atoms with Gasteiger partial charge in [0.2, 0.25) is 0 Å². The summed E-state index contributed by atoms with van der Waals surface area (Å²) in [6.07, 6.45) is 2.54. The van der Waals surface area contributed by atoms with Crippen LogP contribution in [0.5, 0.6) is 0 Å². The molecule has 1 atom stereocenters. The molecule has 0 radical (unpaired) electrons. The summed E-state index contributed by atoms with van der Waals surface area (Å²) in [5, 5.41) is 4.40. The number of halogens is 1. The highest BCUT2D eigenvalue weighted by Gasteiger charge is 2.22. The molecule has 1 fully saturated rings. The van der Waals surface area contributed by atoms with Crippen molar-refractivity contribution in [3.63, 3.8) is 0 Å². The lowest BCUT2D eigenvalue weighted by atomic mass is 9.90. The number of hydrogen-bond donors (Lipinski definition) is 1. The van der Waals surface area contributed by atoms with Crippen molar-refractivity contribution in [2.45, 2.75) is 32.7 Å². The van der Waals surface area contributed by atoms with Gasteiger partial charge in [-0.15, -0.1) is 0 Å². The second-order valence-electron chi connectivity index (χ2n) is 5.56. The number of rotatable bonds is 3. The van der Waals surface area contributed by atoms with Crippen LogP contribution in [0.25, 0.3) is 0 Å². The molecule has 0 aliphatic carbocycles. The smallest absolute Gasteiger partial charge is 0.0640 e. The number of hydrogen-bond acceptors (Lipinski definition) is 2. The van der Waals surface area contributed by atoms with Crippen LogP contribution in [0, 0.1) is 12.8 Å². The highest BCUT2D eigenvalue weighted by molar-refractivity contribution is 6.33. The van der Waals surface area contributed by atoms with Crippen molar-refractivity contribution in [1.29, 1.82) is 0 Å². The average Bonchev–Trinajstić information content (AvgIpc) is 2.33. The molecule has 0 aromatic heterocycles. The Morgan fingerprint density at radius 2 is 2.00 bits per heavy atom. The fourth-order valence-corrected chi connectivity index (χ4v) is 2.92. The van der Waals surface area contributed by atoms with Crippen molar-refractivity contribution >= 4 is 17.3 Å². The summed E-state index contributed by atoms with van der Waals surface area (Å²) in [7, 11) is 2.20. The van der Waals surface area contributed by atoms with E-state index in [1.807, 2.05) is 6.07 Å². The minimum atomic E-state index is 0.485. The standard InChI is InChI=1S/C15H23ClN2/c1-11-4-5-15(14(16)10-11)17-12(2)13-6-8-18(3)9-7-13/h4-5,10,12-13,17H,6-9H2,1-3H3. The Labute approximate surface area is 115 Å². The van der Waals surface area contributed by atoms with E-state index in [2.05, 4.69) is 43.2 Å². The lowest BCUT2D eigenvalue weighted by Crippen LogP contribution is -2.37. The second-order valence-corrected chi connectivity index (χ2v) is 5.96. The van der Waals surface area contributed by atoms with Gasteiger partial charge in [-0.2, -0.15) is 0 Å². The van der Waals surface area contributed by atoms with Gasteiger partial charge in [-0.05, 0) is 70.4 Å². The second kappa shape index (κ2) is 5.94. The van der Waals surface area contributed by atoms with Gasteiger partial charge in [0, 0.05) is 6.04 Å². The van der Waals surface area contributed by atoms with Gasteiger partial charge in [0.15, 0.2) is 0 Å². The van der Waals surface area contributed by atoms with Crippen molar-refractivity contribution < 1.29 is 0 Å². The molecule has 2 nitrogen and oxygen atoms in total. The summed E-state index contributed by atoms with van der Waals surface area (Å²) in [6, 6.07) is 6.70. The fourth-order valence-electron chi connectivity index (χ4n) is 2.63. The topological polar surface area (TPSA) is 15.3 Å². The van der Waals surface area contributed by atoms with Gasteiger partial charge in [-0.1, -0.05) is 17.7 Å². The van der Waals surface area contributed by atoms with Crippen molar-refractivity contribution in [1.82, 2.24) is 4.90 Å². The summed E-state index contributed by atoms with van der Waals surface area (Å²) in [6.45, 7) is 6.75. The zero-order valence-electron chi connectivity index (χ0n) is 11.5. The monoisotopic (exact) mass is 266 g/mol. The summed E-state index contributed by atoms with van der Waals surface area (Å²) in [5.74, 6) is 0.749. The highest BCUT2D eigenvalue weighted by Crippen LogP contribution is 2.27. The third-order valence-electron chi connectivity index (χ3n) is 3.98. The molecular formula is C15H23ClN2. The van der Waals surface area contributed by atoms with E-state index in [0.717, 1.165) is 16.6 Å². The van der Waals surface area contributed by atoms with Crippen molar-refractivity contribution in [3.8, 4) is 0 Å². The lowest BCUT2D eigenvalue weighted by Gasteiger charge is -2.33. The van der Waals surface area contributed by atoms with E-state index in [1.165, 1.54) is 31.5 Å². The van der Waals surface area contributed by atoms with Gasteiger partial charge in [-0.3, -0.25) is 0 Å². The van der Waals surface area contributed by atoms with E-state index in [1.54, 1.807) is 0 Å². The molecule has 0 bridgehead atoms. The van der Waals surface area contributed by atoms with Crippen LogP contribution in [-0.4, -0.2) is 31.1 Å². The first kappa shape index (κ1) is 13.7. The number of nitrogens with zero attached hydrogens (tertiary/aromatic N) is 1. The van der Waals surface area contributed by atoms with Gasteiger partial charge in [-0.25, -0.2) is 0 Å². The van der Waals surface area contributed by atoms with E-state index in [4.69, 9.17) is 11.6 Å². The molecule has 1 N–H and O–H groups in total. The molecule has 1 aliphatic heterocycles. The normalized spacial score (nSPS) is 19.8. The number of piperidine rings is 1. The third-order valence-corrected chi connectivity index (χ3v) is 4.29. The van der Waals surface area contributed by atoms with E-state index in [0.29, 0.717) is 6.04 Å². The molecule has 0 saturated carbocycles. The highest BCUT2D eigenvalue weighted by atomic mass is 35.5. The van der Waals surface area contributed by atoms with Crippen molar-refractivity contribution in [2.75, 3.05) is 25.5 Å². The largest absolute Gasteiger partial charge is 0.381 e. The summed E-state index contributed by atoms with van der Waals surface area (Å²) < 4.78 is 0. The van der Waals surface area contributed by atoms with E-state index in [9.17, 15) is 0 Å². The Bertz CT molecular complexity index is 397. The van der Waals surface area contributed by atoms with Crippen LogP contribution in [0.2, 0.25) is 5.02 Å². The molecule has 100 valence electrons. The van der Waals surface area contributed by atoms with Crippen LogP contribution < -0.4 is 5.32 Å². The molecule has 1 aromatic rings. The summed E-state index contributed by atoms with van der Waals surface area (Å²) >= 11 is 6.26. The SMILES string of the molecule is Cc1ccc(NC(C)C2CCN(C)CC2)c(Cl)c1. The minimum absolute atomic E-state index is 0.485. The maximum atomic E-state index is 6.26.